The lowest BCUT2D eigenvalue weighted by molar-refractivity contribution is -0.126. The van der Waals surface area contributed by atoms with E-state index < -0.39 is 0 Å². The molecule has 1 saturated heterocycles. The molecule has 6 nitrogen and oxygen atoms in total. The zero-order valence-electron chi connectivity index (χ0n) is 18.5. The maximum Gasteiger partial charge on any atom is 0.253 e. The molecule has 170 valence electrons. The summed E-state index contributed by atoms with van der Waals surface area (Å²) in [5.74, 6) is 0.903. The SMILES string of the molecule is CC(C)(CNC(=O)C1CCN(C(=O)c2ccc(F)cc2)CC1)c1ccc2c(c1)OCCO2. The van der Waals surface area contributed by atoms with Crippen molar-refractivity contribution in [3.05, 3.63) is 59.4 Å². The smallest absolute Gasteiger partial charge is 0.253 e. The third-order valence-corrected chi connectivity index (χ3v) is 6.27. The second kappa shape index (κ2) is 9.18. The summed E-state index contributed by atoms with van der Waals surface area (Å²) in [6.07, 6.45) is 1.23. The predicted molar refractivity (Wildman–Crippen MR) is 118 cm³/mol. The Morgan fingerprint density at radius 1 is 1.03 bits per heavy atom. The number of carbonyl (C=O) groups excluding carboxylic acids is 2. The molecule has 0 spiro atoms. The number of benzene rings is 2. The van der Waals surface area contributed by atoms with Gasteiger partial charge in [-0.1, -0.05) is 19.9 Å². The van der Waals surface area contributed by atoms with Gasteiger partial charge >= 0.3 is 0 Å². The fraction of sp³-hybridized carbons (Fsp3) is 0.440. The number of amides is 2. The largest absolute Gasteiger partial charge is 0.486 e. The van der Waals surface area contributed by atoms with Crippen LogP contribution in [0.25, 0.3) is 0 Å². The van der Waals surface area contributed by atoms with Crippen molar-refractivity contribution in [2.45, 2.75) is 32.1 Å². The van der Waals surface area contributed by atoms with Gasteiger partial charge in [-0.3, -0.25) is 9.59 Å². The Labute approximate surface area is 187 Å². The fourth-order valence-corrected chi connectivity index (χ4v) is 4.14. The van der Waals surface area contributed by atoms with Gasteiger partial charge < -0.3 is 19.7 Å². The van der Waals surface area contributed by atoms with E-state index in [1.54, 1.807) is 4.90 Å². The lowest BCUT2D eigenvalue weighted by atomic mass is 9.84. The molecule has 1 fully saturated rings. The first-order valence-corrected chi connectivity index (χ1v) is 11.1. The second-order valence-electron chi connectivity index (χ2n) is 9.03. The first-order valence-electron chi connectivity index (χ1n) is 11.1. The van der Waals surface area contributed by atoms with E-state index in [9.17, 15) is 14.0 Å². The zero-order valence-corrected chi connectivity index (χ0v) is 18.5. The minimum Gasteiger partial charge on any atom is -0.486 e. The van der Waals surface area contributed by atoms with Crippen LogP contribution in [0.1, 0.15) is 42.6 Å². The lowest BCUT2D eigenvalue weighted by Crippen LogP contribution is -2.45. The van der Waals surface area contributed by atoms with Crippen molar-refractivity contribution in [1.29, 1.82) is 0 Å². The second-order valence-corrected chi connectivity index (χ2v) is 9.03. The molecule has 2 aliphatic heterocycles. The Hall–Kier alpha value is -3.09. The van der Waals surface area contributed by atoms with Crippen LogP contribution in [0.15, 0.2) is 42.5 Å². The topological polar surface area (TPSA) is 67.9 Å². The minimum absolute atomic E-state index is 0.0181. The van der Waals surface area contributed by atoms with Crippen LogP contribution in [0.4, 0.5) is 4.39 Å². The number of nitrogens with zero attached hydrogens (tertiary/aromatic N) is 1. The van der Waals surface area contributed by atoms with Crippen LogP contribution in [0.3, 0.4) is 0 Å². The van der Waals surface area contributed by atoms with Crippen molar-refractivity contribution in [2.75, 3.05) is 32.8 Å². The molecule has 0 unspecified atom stereocenters. The number of ether oxygens (including phenoxy) is 2. The van der Waals surface area contributed by atoms with E-state index in [2.05, 4.69) is 19.2 Å². The average molecular weight is 441 g/mol. The summed E-state index contributed by atoms with van der Waals surface area (Å²) in [7, 11) is 0. The molecule has 2 amide bonds. The van der Waals surface area contributed by atoms with E-state index in [0.29, 0.717) is 51.3 Å². The first-order chi connectivity index (χ1) is 15.3. The number of nitrogens with one attached hydrogen (secondary N) is 1. The Morgan fingerprint density at radius 2 is 1.69 bits per heavy atom. The molecule has 0 bridgehead atoms. The van der Waals surface area contributed by atoms with Crippen LogP contribution in [-0.2, 0) is 10.2 Å². The van der Waals surface area contributed by atoms with Crippen LogP contribution in [-0.4, -0.2) is 49.6 Å². The normalized spacial score (nSPS) is 16.5. The monoisotopic (exact) mass is 440 g/mol. The van der Waals surface area contributed by atoms with E-state index in [4.69, 9.17) is 9.47 Å². The lowest BCUT2D eigenvalue weighted by Gasteiger charge is -2.33. The highest BCUT2D eigenvalue weighted by molar-refractivity contribution is 5.94. The van der Waals surface area contributed by atoms with Crippen molar-refractivity contribution in [3.8, 4) is 11.5 Å². The summed E-state index contributed by atoms with van der Waals surface area (Å²) < 4.78 is 24.4. The van der Waals surface area contributed by atoms with E-state index >= 15 is 0 Å². The highest BCUT2D eigenvalue weighted by Gasteiger charge is 2.30. The Morgan fingerprint density at radius 3 is 2.38 bits per heavy atom. The van der Waals surface area contributed by atoms with Gasteiger partial charge in [0.15, 0.2) is 11.5 Å². The molecule has 2 aromatic rings. The van der Waals surface area contributed by atoms with Gasteiger partial charge in [-0.25, -0.2) is 4.39 Å². The Kier molecular flexibility index (Phi) is 6.35. The molecule has 32 heavy (non-hydrogen) atoms. The van der Waals surface area contributed by atoms with E-state index in [1.165, 1.54) is 24.3 Å². The number of hydrogen-bond acceptors (Lipinski definition) is 4. The molecule has 0 aromatic heterocycles. The standard InChI is InChI=1S/C25H29FN2O4/c1-25(2,19-5-8-21-22(15-19)32-14-13-31-21)16-27-23(29)17-9-11-28(12-10-17)24(30)18-3-6-20(26)7-4-18/h3-8,15,17H,9-14,16H2,1-2H3,(H,27,29). The Bertz CT molecular complexity index is 982. The quantitative estimate of drug-likeness (QED) is 0.772. The van der Waals surface area contributed by atoms with E-state index in [0.717, 1.165) is 17.1 Å². The van der Waals surface area contributed by atoms with Gasteiger partial charge in [0, 0.05) is 36.5 Å². The molecular formula is C25H29FN2O4. The minimum atomic E-state index is -0.365. The molecule has 7 heteroatoms. The third-order valence-electron chi connectivity index (χ3n) is 6.27. The fourth-order valence-electron chi connectivity index (χ4n) is 4.14. The summed E-state index contributed by atoms with van der Waals surface area (Å²) in [5.41, 5.74) is 1.27. The predicted octanol–water partition coefficient (Wildman–Crippen LogP) is 3.54. The van der Waals surface area contributed by atoms with Gasteiger partial charge in [0.05, 0.1) is 0 Å². The van der Waals surface area contributed by atoms with Crippen LogP contribution in [0, 0.1) is 11.7 Å². The summed E-state index contributed by atoms with van der Waals surface area (Å²) in [6.45, 7) is 6.79. The molecule has 2 aromatic carbocycles. The summed E-state index contributed by atoms with van der Waals surface area (Å²) >= 11 is 0. The first kappa shape index (κ1) is 22.1. The number of hydrogen-bond donors (Lipinski definition) is 1. The molecule has 0 atom stereocenters. The number of rotatable bonds is 5. The number of fused-ring (bicyclic) bond motifs is 1. The zero-order chi connectivity index (χ0) is 22.7. The van der Waals surface area contributed by atoms with Crippen LogP contribution in [0.5, 0.6) is 11.5 Å². The maximum absolute atomic E-state index is 13.1. The average Bonchev–Trinajstić information content (AvgIpc) is 2.82. The van der Waals surface area contributed by atoms with Crippen LogP contribution < -0.4 is 14.8 Å². The summed E-state index contributed by atoms with van der Waals surface area (Å²) in [5, 5.41) is 3.10. The molecule has 0 radical (unpaired) electrons. The van der Waals surface area contributed by atoms with Gasteiger partial charge in [0.2, 0.25) is 5.91 Å². The Balaban J connectivity index is 1.29. The van der Waals surface area contributed by atoms with Crippen LogP contribution >= 0.6 is 0 Å². The van der Waals surface area contributed by atoms with Gasteiger partial charge in [0.25, 0.3) is 5.91 Å². The van der Waals surface area contributed by atoms with E-state index in [1.807, 2.05) is 18.2 Å². The summed E-state index contributed by atoms with van der Waals surface area (Å²) in [6, 6.07) is 11.5. The molecule has 2 aliphatic rings. The molecule has 0 saturated carbocycles. The van der Waals surface area contributed by atoms with Gasteiger partial charge in [0.1, 0.15) is 19.0 Å². The number of likely N-dealkylation sites (tertiary alicyclic amines) is 1. The number of piperidine rings is 1. The van der Waals surface area contributed by atoms with Crippen molar-refractivity contribution in [2.24, 2.45) is 5.92 Å². The molecule has 2 heterocycles. The summed E-state index contributed by atoms with van der Waals surface area (Å²) in [4.78, 5) is 27.1. The van der Waals surface area contributed by atoms with E-state index in [-0.39, 0.29) is 29.0 Å². The maximum atomic E-state index is 13.1. The van der Waals surface area contributed by atoms with Gasteiger partial charge in [-0.15, -0.1) is 0 Å². The third kappa shape index (κ3) is 4.87. The molecule has 0 aliphatic carbocycles. The van der Waals surface area contributed by atoms with Crippen molar-refractivity contribution in [3.63, 3.8) is 0 Å². The molecular weight excluding hydrogens is 411 g/mol. The van der Waals surface area contributed by atoms with Crippen molar-refractivity contribution >= 4 is 11.8 Å². The van der Waals surface area contributed by atoms with Gasteiger partial charge in [-0.05, 0) is 54.8 Å². The highest BCUT2D eigenvalue weighted by Crippen LogP contribution is 2.35. The van der Waals surface area contributed by atoms with Crippen molar-refractivity contribution in [1.82, 2.24) is 10.2 Å². The number of carbonyl (C=O) groups is 2. The highest BCUT2D eigenvalue weighted by atomic mass is 19.1. The number of halogens is 1. The molecule has 1 N–H and O–H groups in total. The van der Waals surface area contributed by atoms with Crippen molar-refractivity contribution < 1.29 is 23.5 Å². The molecule has 4 rings (SSSR count). The van der Waals surface area contributed by atoms with Crippen LogP contribution in [0.2, 0.25) is 0 Å². The van der Waals surface area contributed by atoms with Gasteiger partial charge in [-0.2, -0.15) is 0 Å².